The Morgan fingerprint density at radius 2 is 1.89 bits per heavy atom. The molecule has 0 fully saturated rings. The summed E-state index contributed by atoms with van der Waals surface area (Å²) in [4.78, 5) is 19.8. The largest absolute Gasteiger partial charge is 0.339 e. The van der Waals surface area contributed by atoms with Gasteiger partial charge in [-0.3, -0.25) is 9.69 Å². The molecule has 2 aromatic carbocycles. The van der Waals surface area contributed by atoms with Gasteiger partial charge in [0.2, 0.25) is 17.6 Å². The molecule has 0 saturated heterocycles. The fourth-order valence-electron chi connectivity index (χ4n) is 2.82. The first-order valence-corrected chi connectivity index (χ1v) is 10.4. The minimum absolute atomic E-state index is 0.0202. The molecule has 0 unspecified atom stereocenters. The van der Waals surface area contributed by atoms with Crippen molar-refractivity contribution in [3.05, 3.63) is 60.5 Å². The molecular weight excluding hydrogens is 372 g/mol. The van der Waals surface area contributed by atoms with Crippen molar-refractivity contribution in [2.24, 2.45) is 0 Å². The number of amides is 1. The summed E-state index contributed by atoms with van der Waals surface area (Å²) < 4.78 is 5.33. The maximum absolute atomic E-state index is 12.3. The molecule has 1 amide bonds. The van der Waals surface area contributed by atoms with E-state index in [4.69, 9.17) is 4.52 Å². The first-order valence-electron chi connectivity index (χ1n) is 9.15. The van der Waals surface area contributed by atoms with Crippen LogP contribution >= 0.6 is 11.8 Å². The molecule has 7 heteroatoms. The van der Waals surface area contributed by atoms with Crippen molar-refractivity contribution in [1.29, 1.82) is 0 Å². The van der Waals surface area contributed by atoms with Crippen molar-refractivity contribution < 1.29 is 9.32 Å². The van der Waals surface area contributed by atoms with Crippen molar-refractivity contribution in [3.63, 3.8) is 0 Å². The van der Waals surface area contributed by atoms with Gasteiger partial charge in [0.25, 0.3) is 0 Å². The second-order valence-corrected chi connectivity index (χ2v) is 7.32. The Morgan fingerprint density at radius 3 is 2.68 bits per heavy atom. The zero-order valence-corrected chi connectivity index (χ0v) is 16.9. The van der Waals surface area contributed by atoms with Gasteiger partial charge in [-0.1, -0.05) is 47.6 Å². The summed E-state index contributed by atoms with van der Waals surface area (Å²) in [6.45, 7) is 1.10. The van der Waals surface area contributed by atoms with E-state index in [1.165, 1.54) is 0 Å². The number of nitrogens with one attached hydrogen (secondary N) is 1. The van der Waals surface area contributed by atoms with E-state index in [-0.39, 0.29) is 5.91 Å². The van der Waals surface area contributed by atoms with Gasteiger partial charge in [-0.25, -0.2) is 0 Å². The van der Waals surface area contributed by atoms with E-state index in [0.29, 0.717) is 24.7 Å². The van der Waals surface area contributed by atoms with Crippen molar-refractivity contribution in [1.82, 2.24) is 15.0 Å². The highest BCUT2D eigenvalue weighted by Gasteiger charge is 2.11. The van der Waals surface area contributed by atoms with Gasteiger partial charge in [-0.15, -0.1) is 11.8 Å². The number of para-hydroxylation sites is 1. The van der Waals surface area contributed by atoms with Gasteiger partial charge in [0.05, 0.1) is 12.2 Å². The zero-order chi connectivity index (χ0) is 19.8. The van der Waals surface area contributed by atoms with Crippen LogP contribution in [0.2, 0.25) is 0 Å². The predicted molar refractivity (Wildman–Crippen MR) is 112 cm³/mol. The van der Waals surface area contributed by atoms with Gasteiger partial charge < -0.3 is 9.84 Å². The Balaban J connectivity index is 1.43. The third kappa shape index (κ3) is 5.68. The van der Waals surface area contributed by atoms with Crippen molar-refractivity contribution in [3.8, 4) is 11.4 Å². The summed E-state index contributed by atoms with van der Waals surface area (Å²) >= 11 is 1.62. The van der Waals surface area contributed by atoms with Crippen LogP contribution < -0.4 is 5.32 Å². The number of carbonyl (C=O) groups is 1. The number of likely N-dealkylation sites (N-methyl/N-ethyl adjacent to an activating group) is 1. The van der Waals surface area contributed by atoms with E-state index in [9.17, 15) is 4.79 Å². The van der Waals surface area contributed by atoms with E-state index >= 15 is 0 Å². The summed E-state index contributed by atoms with van der Waals surface area (Å²) in [5.41, 5.74) is 1.80. The molecule has 0 atom stereocenters. The van der Waals surface area contributed by atoms with Crippen LogP contribution in [0, 0.1) is 0 Å². The lowest BCUT2D eigenvalue weighted by Crippen LogP contribution is -2.31. The number of thioether (sulfide) groups is 1. The summed E-state index contributed by atoms with van der Waals surface area (Å²) in [5, 5.41) is 7.01. The summed E-state index contributed by atoms with van der Waals surface area (Å²) in [7, 11) is 1.93. The molecule has 146 valence electrons. The van der Waals surface area contributed by atoms with E-state index in [1.54, 1.807) is 11.8 Å². The van der Waals surface area contributed by atoms with Crippen LogP contribution in [0.1, 0.15) is 12.3 Å². The molecule has 0 aliphatic carbocycles. The van der Waals surface area contributed by atoms with Crippen LogP contribution in [0.3, 0.4) is 0 Å². The number of hydrogen-bond acceptors (Lipinski definition) is 6. The molecule has 1 N–H and O–H groups in total. The quantitative estimate of drug-likeness (QED) is 0.552. The van der Waals surface area contributed by atoms with Crippen LogP contribution in [0.15, 0.2) is 64.0 Å². The van der Waals surface area contributed by atoms with Crippen LogP contribution in [0.25, 0.3) is 11.4 Å². The Bertz CT molecular complexity index is 898. The molecule has 28 heavy (non-hydrogen) atoms. The van der Waals surface area contributed by atoms with Gasteiger partial charge in [0.1, 0.15) is 0 Å². The van der Waals surface area contributed by atoms with Gasteiger partial charge in [-0.2, -0.15) is 4.98 Å². The Hall–Kier alpha value is -2.64. The standard InChI is InChI=1S/C21H24N4O2S/c1-25(15-19(26)22-17-11-6-7-12-18(17)28-2)14-8-13-20-23-21(24-27-20)16-9-4-3-5-10-16/h3-7,9-12H,8,13-15H2,1-2H3,(H,22,26). The zero-order valence-electron chi connectivity index (χ0n) is 16.1. The molecule has 3 rings (SSSR count). The molecule has 0 aliphatic heterocycles. The highest BCUT2D eigenvalue weighted by molar-refractivity contribution is 7.98. The second-order valence-electron chi connectivity index (χ2n) is 6.47. The predicted octanol–water partition coefficient (Wildman–Crippen LogP) is 3.96. The number of rotatable bonds is 9. The van der Waals surface area contributed by atoms with Crippen molar-refractivity contribution >= 4 is 23.4 Å². The lowest BCUT2D eigenvalue weighted by atomic mass is 10.2. The third-order valence-corrected chi connectivity index (χ3v) is 5.02. The van der Waals surface area contributed by atoms with Crippen LogP contribution in [-0.4, -0.2) is 47.3 Å². The van der Waals surface area contributed by atoms with E-state index in [2.05, 4.69) is 15.5 Å². The summed E-state index contributed by atoms with van der Waals surface area (Å²) in [6.07, 6.45) is 3.51. The van der Waals surface area contributed by atoms with Crippen LogP contribution in [0.5, 0.6) is 0 Å². The fourth-order valence-corrected chi connectivity index (χ4v) is 3.38. The topological polar surface area (TPSA) is 71.3 Å². The highest BCUT2D eigenvalue weighted by Crippen LogP contribution is 2.24. The van der Waals surface area contributed by atoms with Crippen LogP contribution in [-0.2, 0) is 11.2 Å². The van der Waals surface area contributed by atoms with Crippen molar-refractivity contribution in [2.45, 2.75) is 17.7 Å². The molecule has 1 aromatic heterocycles. The number of aromatic nitrogens is 2. The first kappa shape index (κ1) is 20.1. The third-order valence-electron chi connectivity index (χ3n) is 4.23. The smallest absolute Gasteiger partial charge is 0.238 e. The fraction of sp³-hybridized carbons (Fsp3) is 0.286. The van der Waals surface area contributed by atoms with Gasteiger partial charge >= 0.3 is 0 Å². The number of aryl methyl sites for hydroxylation is 1. The molecule has 0 spiro atoms. The number of benzene rings is 2. The maximum Gasteiger partial charge on any atom is 0.238 e. The van der Waals surface area contributed by atoms with E-state index in [1.807, 2.05) is 72.8 Å². The van der Waals surface area contributed by atoms with E-state index < -0.39 is 0 Å². The average Bonchev–Trinajstić information content (AvgIpc) is 3.18. The number of nitrogens with zero attached hydrogens (tertiary/aromatic N) is 3. The molecule has 6 nitrogen and oxygen atoms in total. The minimum Gasteiger partial charge on any atom is -0.339 e. The summed E-state index contributed by atoms with van der Waals surface area (Å²) in [5.74, 6) is 1.20. The first-order chi connectivity index (χ1) is 13.7. The SMILES string of the molecule is CSc1ccccc1NC(=O)CN(C)CCCc1nc(-c2ccccc2)no1. The van der Waals surface area contributed by atoms with Gasteiger partial charge in [-0.05, 0) is 38.4 Å². The molecule has 0 aliphatic rings. The number of hydrogen-bond donors (Lipinski definition) is 1. The van der Waals surface area contributed by atoms with Gasteiger partial charge in [0.15, 0.2) is 0 Å². The maximum atomic E-state index is 12.3. The lowest BCUT2D eigenvalue weighted by Gasteiger charge is -2.16. The Kier molecular flexibility index (Phi) is 7.22. The number of anilines is 1. The lowest BCUT2D eigenvalue weighted by molar-refractivity contribution is -0.117. The Morgan fingerprint density at radius 1 is 1.14 bits per heavy atom. The molecule has 0 saturated carbocycles. The summed E-state index contributed by atoms with van der Waals surface area (Å²) in [6, 6.07) is 17.6. The molecule has 3 aromatic rings. The molecule has 1 heterocycles. The normalized spacial score (nSPS) is 11.0. The minimum atomic E-state index is -0.0202. The highest BCUT2D eigenvalue weighted by atomic mass is 32.2. The Labute approximate surface area is 169 Å². The van der Waals surface area contributed by atoms with Crippen molar-refractivity contribution in [2.75, 3.05) is 31.7 Å². The van der Waals surface area contributed by atoms with E-state index in [0.717, 1.165) is 29.1 Å². The average molecular weight is 397 g/mol. The number of carbonyl (C=O) groups excluding carboxylic acids is 1. The molecule has 0 bridgehead atoms. The van der Waals surface area contributed by atoms with Gasteiger partial charge in [0, 0.05) is 16.9 Å². The van der Waals surface area contributed by atoms with Crippen LogP contribution in [0.4, 0.5) is 5.69 Å². The molecule has 0 radical (unpaired) electrons. The monoisotopic (exact) mass is 396 g/mol. The molecular formula is C21H24N4O2S. The second kappa shape index (κ2) is 10.1.